The van der Waals surface area contributed by atoms with Crippen LogP contribution in [0.5, 0.6) is 11.5 Å². The summed E-state index contributed by atoms with van der Waals surface area (Å²) >= 11 is 0. The second kappa shape index (κ2) is 10.6. The average molecular weight is 414 g/mol. The third-order valence-corrected chi connectivity index (χ3v) is 4.98. The van der Waals surface area contributed by atoms with Crippen molar-refractivity contribution in [3.05, 3.63) is 23.8 Å². The molecular weight excluding hydrogens is 380 g/mol. The van der Waals surface area contributed by atoms with Crippen molar-refractivity contribution >= 4 is 5.96 Å². The summed E-state index contributed by atoms with van der Waals surface area (Å²) in [6.45, 7) is 5.47. The maximum atomic E-state index is 12.7. The minimum Gasteiger partial charge on any atom is -0.497 e. The van der Waals surface area contributed by atoms with Crippen LogP contribution in [0.25, 0.3) is 0 Å². The van der Waals surface area contributed by atoms with Crippen LogP contribution in [0.2, 0.25) is 0 Å². The first-order chi connectivity index (χ1) is 13.7. The van der Waals surface area contributed by atoms with Crippen molar-refractivity contribution in [1.82, 2.24) is 10.6 Å². The summed E-state index contributed by atoms with van der Waals surface area (Å²) in [5.41, 5.74) is 0.618. The second-order valence-corrected chi connectivity index (χ2v) is 8.22. The molecule has 0 amide bonds. The molecule has 1 heterocycles. The molecule has 8 heteroatoms. The van der Waals surface area contributed by atoms with Crippen molar-refractivity contribution < 1.29 is 23.0 Å². The van der Waals surface area contributed by atoms with E-state index in [0.29, 0.717) is 23.2 Å². The van der Waals surface area contributed by atoms with E-state index in [1.54, 1.807) is 19.2 Å². The lowest BCUT2D eigenvalue weighted by Gasteiger charge is -2.40. The fourth-order valence-corrected chi connectivity index (χ4v) is 3.67. The maximum Gasteiger partial charge on any atom is 0.387 e. The Labute approximate surface area is 172 Å². The molecule has 2 atom stereocenters. The first-order valence-corrected chi connectivity index (χ1v) is 9.92. The Kier molecular flexibility index (Phi) is 8.49. The van der Waals surface area contributed by atoms with Gasteiger partial charge in [-0.25, -0.2) is 0 Å². The smallest absolute Gasteiger partial charge is 0.387 e. The molecule has 29 heavy (non-hydrogen) atoms. The van der Waals surface area contributed by atoms with Crippen molar-refractivity contribution in [2.24, 2.45) is 16.3 Å². The van der Waals surface area contributed by atoms with Crippen LogP contribution in [-0.4, -0.2) is 46.0 Å². The van der Waals surface area contributed by atoms with Crippen LogP contribution in [0.1, 0.15) is 39.2 Å². The van der Waals surface area contributed by atoms with Gasteiger partial charge in [0.1, 0.15) is 11.5 Å². The predicted molar refractivity (Wildman–Crippen MR) is 110 cm³/mol. The SMILES string of the molecule is CN=C(NCc1cc(OC)ccc1OC(F)F)NCC1CCCOC1C(C)(C)C. The van der Waals surface area contributed by atoms with E-state index < -0.39 is 6.61 Å². The van der Waals surface area contributed by atoms with E-state index in [0.717, 1.165) is 26.0 Å². The Balaban J connectivity index is 1.98. The minimum absolute atomic E-state index is 0.0613. The van der Waals surface area contributed by atoms with Crippen LogP contribution >= 0.6 is 0 Å². The summed E-state index contributed by atoms with van der Waals surface area (Å²) < 4.78 is 41.2. The number of rotatable bonds is 7. The van der Waals surface area contributed by atoms with Gasteiger partial charge in [-0.15, -0.1) is 0 Å². The highest BCUT2D eigenvalue weighted by Gasteiger charge is 2.35. The van der Waals surface area contributed by atoms with Gasteiger partial charge >= 0.3 is 6.61 Å². The first-order valence-electron chi connectivity index (χ1n) is 9.92. The van der Waals surface area contributed by atoms with Crippen LogP contribution in [0.3, 0.4) is 0 Å². The molecule has 2 N–H and O–H groups in total. The number of alkyl halides is 2. The van der Waals surface area contributed by atoms with Crippen LogP contribution in [0, 0.1) is 11.3 Å². The van der Waals surface area contributed by atoms with Gasteiger partial charge < -0.3 is 24.8 Å². The lowest BCUT2D eigenvalue weighted by molar-refractivity contribution is -0.0835. The molecule has 0 aliphatic carbocycles. The Morgan fingerprint density at radius 2 is 2.07 bits per heavy atom. The Hall–Kier alpha value is -2.09. The van der Waals surface area contributed by atoms with Crippen molar-refractivity contribution in [2.45, 2.75) is 52.9 Å². The van der Waals surface area contributed by atoms with Gasteiger partial charge in [-0.1, -0.05) is 20.8 Å². The molecule has 164 valence electrons. The molecule has 0 saturated carbocycles. The molecule has 6 nitrogen and oxygen atoms in total. The van der Waals surface area contributed by atoms with Gasteiger partial charge in [0.2, 0.25) is 0 Å². The van der Waals surface area contributed by atoms with Gasteiger partial charge in [-0.3, -0.25) is 4.99 Å². The Morgan fingerprint density at radius 3 is 2.69 bits per heavy atom. The lowest BCUT2D eigenvalue weighted by atomic mass is 9.78. The van der Waals surface area contributed by atoms with Crippen LogP contribution in [0.4, 0.5) is 8.78 Å². The molecule has 1 aromatic rings. The van der Waals surface area contributed by atoms with E-state index in [1.807, 2.05) is 0 Å². The summed E-state index contributed by atoms with van der Waals surface area (Å²) in [6, 6.07) is 4.73. The number of nitrogens with one attached hydrogen (secondary N) is 2. The normalized spacial score (nSPS) is 20.5. The van der Waals surface area contributed by atoms with Crippen molar-refractivity contribution in [3.8, 4) is 11.5 Å². The number of ether oxygens (including phenoxy) is 3. The standard InChI is InChI=1S/C21H33F2N3O3/c1-21(2,3)18-14(7-6-10-28-18)12-25-20(24-4)26-13-15-11-16(27-5)8-9-17(15)29-19(22)23/h8-9,11,14,18-19H,6-7,10,12-13H2,1-5H3,(H2,24,25,26). The molecule has 0 aromatic heterocycles. The van der Waals surface area contributed by atoms with Crippen LogP contribution in [0.15, 0.2) is 23.2 Å². The highest BCUT2D eigenvalue weighted by molar-refractivity contribution is 5.79. The Bertz CT molecular complexity index is 678. The van der Waals surface area contributed by atoms with Crippen LogP contribution < -0.4 is 20.1 Å². The zero-order chi connectivity index (χ0) is 21.4. The summed E-state index contributed by atoms with van der Waals surface area (Å²) in [6.07, 6.45) is 2.31. The van der Waals surface area contributed by atoms with E-state index >= 15 is 0 Å². The van der Waals surface area contributed by atoms with Crippen LogP contribution in [-0.2, 0) is 11.3 Å². The number of methoxy groups -OCH3 is 1. The van der Waals surface area contributed by atoms with Gasteiger partial charge in [-0.05, 0) is 36.5 Å². The monoisotopic (exact) mass is 413 g/mol. The van der Waals surface area contributed by atoms with Gasteiger partial charge in [-0.2, -0.15) is 8.78 Å². The molecule has 1 fully saturated rings. The number of guanidine groups is 1. The predicted octanol–water partition coefficient (Wildman–Crippen LogP) is 3.80. The molecular formula is C21H33F2N3O3. The van der Waals surface area contributed by atoms with Gasteiger partial charge in [0.25, 0.3) is 0 Å². The zero-order valence-electron chi connectivity index (χ0n) is 17.9. The van der Waals surface area contributed by atoms with Crippen molar-refractivity contribution in [1.29, 1.82) is 0 Å². The molecule has 0 radical (unpaired) electrons. The molecule has 2 rings (SSSR count). The van der Waals surface area contributed by atoms with E-state index in [1.165, 1.54) is 13.2 Å². The van der Waals surface area contributed by atoms with Crippen molar-refractivity contribution in [2.75, 3.05) is 27.3 Å². The summed E-state index contributed by atoms with van der Waals surface area (Å²) in [4.78, 5) is 4.24. The highest BCUT2D eigenvalue weighted by atomic mass is 19.3. The molecule has 1 saturated heterocycles. The van der Waals surface area contributed by atoms with E-state index in [-0.39, 0.29) is 23.8 Å². The summed E-state index contributed by atoms with van der Waals surface area (Å²) in [5, 5.41) is 6.50. The number of halogens is 2. The number of aliphatic imine (C=N–C) groups is 1. The van der Waals surface area contributed by atoms with E-state index in [2.05, 4.69) is 41.1 Å². The lowest BCUT2D eigenvalue weighted by Crippen LogP contribution is -2.47. The van der Waals surface area contributed by atoms with Crippen molar-refractivity contribution in [3.63, 3.8) is 0 Å². The third kappa shape index (κ3) is 7.03. The first kappa shape index (κ1) is 23.2. The quantitative estimate of drug-likeness (QED) is 0.526. The zero-order valence-corrected chi connectivity index (χ0v) is 17.9. The molecule has 0 bridgehead atoms. The van der Waals surface area contributed by atoms with E-state index in [4.69, 9.17) is 9.47 Å². The second-order valence-electron chi connectivity index (χ2n) is 8.22. The van der Waals surface area contributed by atoms with E-state index in [9.17, 15) is 8.78 Å². The summed E-state index contributed by atoms with van der Waals surface area (Å²) in [7, 11) is 3.20. The Morgan fingerprint density at radius 1 is 1.31 bits per heavy atom. The number of hydrogen-bond acceptors (Lipinski definition) is 4. The largest absolute Gasteiger partial charge is 0.497 e. The third-order valence-electron chi connectivity index (χ3n) is 4.98. The molecule has 1 aliphatic heterocycles. The fourth-order valence-electron chi connectivity index (χ4n) is 3.67. The number of nitrogens with zero attached hydrogens (tertiary/aromatic N) is 1. The van der Waals surface area contributed by atoms with Gasteiger partial charge in [0, 0.05) is 38.2 Å². The number of benzene rings is 1. The van der Waals surface area contributed by atoms with Gasteiger partial charge in [0.05, 0.1) is 13.2 Å². The summed E-state index contributed by atoms with van der Waals surface area (Å²) in [5.74, 6) is 1.64. The maximum absolute atomic E-state index is 12.7. The molecule has 0 spiro atoms. The highest BCUT2D eigenvalue weighted by Crippen LogP contribution is 2.33. The van der Waals surface area contributed by atoms with Gasteiger partial charge in [0.15, 0.2) is 5.96 Å². The topological polar surface area (TPSA) is 64.1 Å². The minimum atomic E-state index is -2.89. The molecule has 1 aliphatic rings. The number of hydrogen-bond donors (Lipinski definition) is 2. The average Bonchev–Trinajstić information content (AvgIpc) is 2.68. The fraction of sp³-hybridized carbons (Fsp3) is 0.667. The molecule has 1 aromatic carbocycles. The molecule has 2 unspecified atom stereocenters.